The molecule has 0 aromatic heterocycles. The maximum absolute atomic E-state index is 12.0. The lowest BCUT2D eigenvalue weighted by molar-refractivity contribution is -0.139. The first-order valence-corrected chi connectivity index (χ1v) is 2.96. The van der Waals surface area contributed by atoms with Crippen molar-refractivity contribution >= 4 is 0 Å². The van der Waals surface area contributed by atoms with Gasteiger partial charge in [-0.05, 0) is 12.1 Å². The number of hydrogen-bond donors (Lipinski definition) is 0. The van der Waals surface area contributed by atoms with Crippen LogP contribution in [0, 0.1) is 0 Å². The maximum Gasteiger partial charge on any atom is 0.419 e. The highest BCUT2D eigenvalue weighted by atomic mass is 19.4. The molecule has 0 saturated heterocycles. The van der Waals surface area contributed by atoms with E-state index in [4.69, 9.17) is 0 Å². The molecule has 0 amide bonds. The van der Waals surface area contributed by atoms with Crippen molar-refractivity contribution in [3.63, 3.8) is 0 Å². The molecular weight excluding hydrogens is 157 g/mol. The quantitative estimate of drug-likeness (QED) is 0.575. The van der Waals surface area contributed by atoms with Gasteiger partial charge in [0, 0.05) is 6.07 Å². The number of alkyl halides is 3. The molecule has 0 aliphatic carbocycles. The zero-order valence-electron chi connectivity index (χ0n) is 5.27. The second-order valence-electron chi connectivity index (χ2n) is 2.26. The van der Waals surface area contributed by atoms with Crippen LogP contribution in [-0.2, 0) is 6.18 Å². The predicted octanol–water partition coefficient (Wildman–Crippen LogP) is 2.81. The van der Waals surface area contributed by atoms with Crippen LogP contribution >= 0.6 is 0 Å². The Morgan fingerprint density at radius 2 is 1.82 bits per heavy atom. The highest BCUT2D eigenvalue weighted by Gasteiger charge is 2.36. The molecular formula is C7H3F3O. The van der Waals surface area contributed by atoms with Gasteiger partial charge in [-0.15, -0.1) is 0 Å². The minimum absolute atomic E-state index is 0.0741. The molecule has 0 N–H and O–H groups in total. The van der Waals surface area contributed by atoms with Gasteiger partial charge in [0.1, 0.15) is 11.5 Å². The molecule has 1 aromatic rings. The van der Waals surface area contributed by atoms with Crippen molar-refractivity contribution in [2.45, 2.75) is 6.18 Å². The third-order valence-electron chi connectivity index (χ3n) is 1.49. The summed E-state index contributed by atoms with van der Waals surface area (Å²) in [4.78, 5) is 0. The molecule has 0 spiro atoms. The summed E-state index contributed by atoms with van der Waals surface area (Å²) in [7, 11) is 0. The Labute approximate surface area is 60.4 Å². The Bertz CT molecular complexity index is 299. The van der Waals surface area contributed by atoms with Crippen LogP contribution in [0.15, 0.2) is 18.2 Å². The fourth-order valence-electron chi connectivity index (χ4n) is 0.954. The molecule has 0 radical (unpaired) electrons. The van der Waals surface area contributed by atoms with Gasteiger partial charge in [-0.1, -0.05) is 0 Å². The summed E-state index contributed by atoms with van der Waals surface area (Å²) in [6, 6.07) is 3.69. The standard InChI is InChI=1S/C7H3F3O/c8-7(9,10)5-2-1-4-3-6(5)11-4/h1-3H. The summed E-state index contributed by atoms with van der Waals surface area (Å²) < 4.78 is 40.6. The van der Waals surface area contributed by atoms with E-state index in [1.807, 2.05) is 0 Å². The molecule has 4 heteroatoms. The molecule has 2 aliphatic heterocycles. The van der Waals surface area contributed by atoms with Crippen LogP contribution in [0.2, 0.25) is 0 Å². The Balaban J connectivity index is 2.50. The summed E-state index contributed by atoms with van der Waals surface area (Å²) in [6.45, 7) is 0. The molecule has 0 unspecified atom stereocenters. The summed E-state index contributed by atoms with van der Waals surface area (Å²) >= 11 is 0. The van der Waals surface area contributed by atoms with E-state index in [0.717, 1.165) is 6.07 Å². The number of rotatable bonds is 0. The first kappa shape index (κ1) is 6.52. The van der Waals surface area contributed by atoms with Gasteiger partial charge in [0.2, 0.25) is 0 Å². The van der Waals surface area contributed by atoms with Crippen molar-refractivity contribution in [1.29, 1.82) is 0 Å². The average molecular weight is 160 g/mol. The molecule has 1 aromatic carbocycles. The average Bonchev–Trinajstić information content (AvgIpc) is 1.84. The Hall–Kier alpha value is -1.19. The molecule has 0 fully saturated rings. The number of fused-ring (bicyclic) bond motifs is 2. The van der Waals surface area contributed by atoms with E-state index in [1.54, 1.807) is 0 Å². The smallest absolute Gasteiger partial charge is 0.419 e. The normalized spacial score (nSPS) is 13.7. The SMILES string of the molecule is FC(F)(F)c1ccc2cc1O2. The van der Waals surface area contributed by atoms with Crippen LogP contribution < -0.4 is 4.74 Å². The summed E-state index contributed by atoms with van der Waals surface area (Å²) in [5.41, 5.74) is -0.701. The maximum atomic E-state index is 12.0. The highest BCUT2D eigenvalue weighted by molar-refractivity contribution is 5.51. The van der Waals surface area contributed by atoms with E-state index in [2.05, 4.69) is 4.74 Å². The van der Waals surface area contributed by atoms with E-state index in [9.17, 15) is 13.2 Å². The second-order valence-corrected chi connectivity index (χ2v) is 2.26. The first-order chi connectivity index (χ1) is 5.07. The molecule has 2 heterocycles. The van der Waals surface area contributed by atoms with Gasteiger partial charge in [-0.2, -0.15) is 13.2 Å². The van der Waals surface area contributed by atoms with Crippen molar-refractivity contribution < 1.29 is 17.9 Å². The summed E-state index contributed by atoms with van der Waals surface area (Å²) in [5.74, 6) is 0.419. The fourth-order valence-corrected chi connectivity index (χ4v) is 0.954. The van der Waals surface area contributed by atoms with Crippen molar-refractivity contribution in [1.82, 2.24) is 0 Å². The monoisotopic (exact) mass is 160 g/mol. The molecule has 58 valence electrons. The lowest BCUT2D eigenvalue weighted by Crippen LogP contribution is -2.10. The van der Waals surface area contributed by atoms with E-state index < -0.39 is 11.7 Å². The Morgan fingerprint density at radius 3 is 2.09 bits per heavy atom. The van der Waals surface area contributed by atoms with Gasteiger partial charge >= 0.3 is 6.18 Å². The predicted molar refractivity (Wildman–Crippen MR) is 31.5 cm³/mol. The molecule has 2 aliphatic rings. The van der Waals surface area contributed by atoms with Gasteiger partial charge in [0.05, 0.1) is 5.56 Å². The van der Waals surface area contributed by atoms with Gasteiger partial charge < -0.3 is 4.74 Å². The van der Waals surface area contributed by atoms with Crippen molar-refractivity contribution in [2.75, 3.05) is 0 Å². The number of hydrogen-bond acceptors (Lipinski definition) is 1. The third kappa shape index (κ3) is 0.859. The van der Waals surface area contributed by atoms with Crippen LogP contribution in [0.25, 0.3) is 0 Å². The van der Waals surface area contributed by atoms with Crippen molar-refractivity contribution in [2.24, 2.45) is 0 Å². The number of benzene rings is 1. The van der Waals surface area contributed by atoms with E-state index in [0.29, 0.717) is 5.75 Å². The van der Waals surface area contributed by atoms with Crippen molar-refractivity contribution in [3.05, 3.63) is 23.8 Å². The topological polar surface area (TPSA) is 9.23 Å². The van der Waals surface area contributed by atoms with Gasteiger partial charge in [-0.25, -0.2) is 0 Å². The fraction of sp³-hybridized carbons (Fsp3) is 0.143. The number of ether oxygens (including phenoxy) is 1. The van der Waals surface area contributed by atoms with Gasteiger partial charge in [-0.3, -0.25) is 0 Å². The minimum atomic E-state index is -4.30. The Morgan fingerprint density at radius 1 is 1.18 bits per heavy atom. The molecule has 0 atom stereocenters. The zero-order valence-corrected chi connectivity index (χ0v) is 5.27. The lowest BCUT2D eigenvalue weighted by atomic mass is 10.1. The molecule has 11 heavy (non-hydrogen) atoms. The lowest BCUT2D eigenvalue weighted by Gasteiger charge is -2.20. The van der Waals surface area contributed by atoms with E-state index in [-0.39, 0.29) is 5.75 Å². The molecule has 1 nitrogen and oxygen atoms in total. The minimum Gasteiger partial charge on any atom is -0.456 e. The largest absolute Gasteiger partial charge is 0.456 e. The third-order valence-corrected chi connectivity index (χ3v) is 1.49. The Kier molecular flexibility index (Phi) is 1.00. The zero-order chi connectivity index (χ0) is 8.06. The number of halogens is 3. The first-order valence-electron chi connectivity index (χ1n) is 2.96. The molecule has 2 bridgehead atoms. The van der Waals surface area contributed by atoms with Gasteiger partial charge in [0.25, 0.3) is 0 Å². The highest BCUT2D eigenvalue weighted by Crippen LogP contribution is 2.45. The van der Waals surface area contributed by atoms with Gasteiger partial charge in [0.15, 0.2) is 0 Å². The van der Waals surface area contributed by atoms with Crippen LogP contribution in [0.4, 0.5) is 13.2 Å². The van der Waals surface area contributed by atoms with Crippen LogP contribution in [-0.4, -0.2) is 0 Å². The molecule has 3 rings (SSSR count). The van der Waals surface area contributed by atoms with Crippen LogP contribution in [0.5, 0.6) is 11.5 Å². The second kappa shape index (κ2) is 1.69. The van der Waals surface area contributed by atoms with Crippen molar-refractivity contribution in [3.8, 4) is 11.5 Å². The molecule has 0 saturated carbocycles. The van der Waals surface area contributed by atoms with E-state index in [1.165, 1.54) is 12.1 Å². The summed E-state index contributed by atoms with van der Waals surface area (Å²) in [6.07, 6.45) is -4.30. The van der Waals surface area contributed by atoms with E-state index >= 15 is 0 Å². The van der Waals surface area contributed by atoms with Crippen LogP contribution in [0.3, 0.4) is 0 Å². The van der Waals surface area contributed by atoms with Crippen LogP contribution in [0.1, 0.15) is 5.56 Å². The summed E-state index contributed by atoms with van der Waals surface area (Å²) in [5, 5.41) is 0.